The van der Waals surface area contributed by atoms with E-state index in [1.165, 1.54) is 0 Å². The Morgan fingerprint density at radius 2 is 1.07 bits per heavy atom. The molecule has 0 amide bonds. The topological polar surface area (TPSA) is 168 Å². The summed E-state index contributed by atoms with van der Waals surface area (Å²) in [6.07, 6.45) is 4.18. The molecule has 0 saturated carbocycles. The van der Waals surface area contributed by atoms with Gasteiger partial charge in [0.15, 0.2) is 0 Å². The number of carbonyl (C=O) groups is 3. The maximum absolute atomic E-state index is 12.8. The van der Waals surface area contributed by atoms with Crippen molar-refractivity contribution in [2.45, 2.75) is 31.8 Å². The lowest BCUT2D eigenvalue weighted by molar-refractivity contribution is -0.137. The van der Waals surface area contributed by atoms with Crippen molar-refractivity contribution in [2.75, 3.05) is 92.5 Å². The van der Waals surface area contributed by atoms with Crippen LogP contribution in [-0.2, 0) is 42.7 Å². The van der Waals surface area contributed by atoms with Crippen LogP contribution in [0.3, 0.4) is 0 Å². The normalized spacial score (nSPS) is 16.5. The molecule has 1 heterocycles. The van der Waals surface area contributed by atoms with Gasteiger partial charge in [-0.05, 0) is 98.5 Å². The molecule has 15 nitrogen and oxygen atoms in total. The number of esters is 3. The van der Waals surface area contributed by atoms with Crippen LogP contribution in [-0.4, -0.2) is 117 Å². The van der Waals surface area contributed by atoms with Crippen LogP contribution in [0.1, 0.15) is 46.4 Å². The summed E-state index contributed by atoms with van der Waals surface area (Å²) in [5.74, 6) is -0.422. The van der Waals surface area contributed by atoms with Gasteiger partial charge < -0.3 is 47.4 Å². The lowest BCUT2D eigenvalue weighted by atomic mass is 10.2. The quantitative estimate of drug-likeness (QED) is 0.0499. The van der Waals surface area contributed by atoms with E-state index in [-0.39, 0.29) is 13.2 Å². The van der Waals surface area contributed by atoms with Crippen LogP contribution in [0.5, 0.6) is 11.5 Å². The minimum absolute atomic E-state index is 0.00715. The van der Waals surface area contributed by atoms with Gasteiger partial charge in [0.05, 0.1) is 108 Å². The molecule has 1 atom stereocenters. The van der Waals surface area contributed by atoms with Crippen LogP contribution in [0, 0.1) is 0 Å². The van der Waals surface area contributed by atoms with Crippen LogP contribution < -0.4 is 9.47 Å². The third-order valence-corrected chi connectivity index (χ3v) is 8.01. The highest BCUT2D eigenvalue weighted by atomic mass is 16.6. The van der Waals surface area contributed by atoms with Gasteiger partial charge in [0, 0.05) is 6.08 Å². The summed E-state index contributed by atoms with van der Waals surface area (Å²) in [5, 5.41) is 8.48. The van der Waals surface area contributed by atoms with Gasteiger partial charge in [-0.1, -0.05) is 6.58 Å². The van der Waals surface area contributed by atoms with Gasteiger partial charge in [-0.2, -0.15) is 10.2 Å². The monoisotopic (exact) mass is 792 g/mol. The first-order chi connectivity index (χ1) is 28.0. The van der Waals surface area contributed by atoms with Gasteiger partial charge in [-0.25, -0.2) is 14.4 Å². The first-order valence-corrected chi connectivity index (χ1v) is 19.0. The molecule has 15 heteroatoms. The second kappa shape index (κ2) is 27.5. The zero-order chi connectivity index (χ0) is 40.2. The van der Waals surface area contributed by atoms with Gasteiger partial charge in [0.25, 0.3) is 0 Å². The molecule has 0 N–H and O–H groups in total. The maximum Gasteiger partial charge on any atom is 0.343 e. The van der Waals surface area contributed by atoms with Crippen molar-refractivity contribution < 1.29 is 61.8 Å². The van der Waals surface area contributed by atoms with Gasteiger partial charge in [-0.15, -0.1) is 0 Å². The molecule has 0 aromatic heterocycles. The van der Waals surface area contributed by atoms with Crippen molar-refractivity contribution in [3.8, 4) is 11.5 Å². The second-order valence-corrected chi connectivity index (χ2v) is 12.4. The Morgan fingerprint density at radius 1 is 0.579 bits per heavy atom. The molecule has 0 bridgehead atoms. The SMILES string of the molecule is C=CC(=O)OCCCCCCOc1ccc(C(=O)Oc2ccc(N=Nc3ccc(C(=O)OCC4COCCOCCOCCOCCOCCO4)cc3)cc2)cc1. The number of nitrogens with zero attached hydrogens (tertiary/aromatic N) is 2. The Balaban J connectivity index is 1.15. The molecular weight excluding hydrogens is 740 g/mol. The lowest BCUT2D eigenvalue weighted by Gasteiger charge is -2.18. The molecule has 0 radical (unpaired) electrons. The number of rotatable bonds is 16. The number of ether oxygens (including phenoxy) is 10. The van der Waals surface area contributed by atoms with Gasteiger partial charge in [0.2, 0.25) is 0 Å². The van der Waals surface area contributed by atoms with Crippen LogP contribution in [0.15, 0.2) is 95.7 Å². The smallest absolute Gasteiger partial charge is 0.343 e. The molecule has 0 spiro atoms. The van der Waals surface area contributed by atoms with Crippen molar-refractivity contribution in [2.24, 2.45) is 10.2 Å². The Kier molecular flexibility index (Phi) is 21.6. The van der Waals surface area contributed by atoms with E-state index in [1.54, 1.807) is 72.8 Å². The molecule has 57 heavy (non-hydrogen) atoms. The van der Waals surface area contributed by atoms with Crippen molar-refractivity contribution in [1.82, 2.24) is 0 Å². The van der Waals surface area contributed by atoms with Gasteiger partial charge in [-0.3, -0.25) is 0 Å². The van der Waals surface area contributed by atoms with E-state index in [0.29, 0.717) is 113 Å². The first kappa shape index (κ1) is 44.7. The zero-order valence-corrected chi connectivity index (χ0v) is 32.2. The van der Waals surface area contributed by atoms with Crippen molar-refractivity contribution in [1.29, 1.82) is 0 Å². The van der Waals surface area contributed by atoms with Crippen molar-refractivity contribution in [3.63, 3.8) is 0 Å². The lowest BCUT2D eigenvalue weighted by Crippen LogP contribution is -2.29. The molecule has 1 unspecified atom stereocenters. The third-order valence-electron chi connectivity index (χ3n) is 8.01. The Labute approximate surface area is 333 Å². The van der Waals surface area contributed by atoms with E-state index in [1.807, 2.05) is 0 Å². The summed E-state index contributed by atoms with van der Waals surface area (Å²) in [6, 6.07) is 19.9. The van der Waals surface area contributed by atoms with E-state index in [0.717, 1.165) is 31.8 Å². The Hall–Kier alpha value is -5.03. The Morgan fingerprint density at radius 3 is 1.67 bits per heavy atom. The van der Waals surface area contributed by atoms with E-state index in [9.17, 15) is 14.4 Å². The predicted molar refractivity (Wildman–Crippen MR) is 208 cm³/mol. The fraction of sp³-hybridized carbons (Fsp3) is 0.452. The average Bonchev–Trinajstić information content (AvgIpc) is 3.24. The molecule has 4 rings (SSSR count). The molecular formula is C42H52N2O13. The number of unbranched alkanes of at least 4 members (excludes halogenated alkanes) is 3. The largest absolute Gasteiger partial charge is 0.494 e. The molecule has 3 aromatic carbocycles. The van der Waals surface area contributed by atoms with Crippen LogP contribution >= 0.6 is 0 Å². The fourth-order valence-electron chi connectivity index (χ4n) is 4.96. The number of hydrogen-bond donors (Lipinski definition) is 0. The molecule has 308 valence electrons. The van der Waals surface area contributed by atoms with E-state index in [4.69, 9.17) is 47.4 Å². The Bertz CT molecular complexity index is 1620. The minimum atomic E-state index is -0.516. The summed E-state index contributed by atoms with van der Waals surface area (Å²) in [4.78, 5) is 36.5. The summed E-state index contributed by atoms with van der Waals surface area (Å²) < 4.78 is 55.2. The highest BCUT2D eigenvalue weighted by Gasteiger charge is 2.15. The summed E-state index contributed by atoms with van der Waals surface area (Å²) >= 11 is 0. The highest BCUT2D eigenvalue weighted by Crippen LogP contribution is 2.23. The fourth-order valence-corrected chi connectivity index (χ4v) is 4.96. The number of carbonyl (C=O) groups excluding carboxylic acids is 3. The van der Waals surface area contributed by atoms with Crippen molar-refractivity contribution >= 4 is 29.3 Å². The van der Waals surface area contributed by atoms with Crippen LogP contribution in [0.4, 0.5) is 11.4 Å². The number of azo groups is 1. The minimum Gasteiger partial charge on any atom is -0.494 e. The summed E-state index contributed by atoms with van der Waals surface area (Å²) in [7, 11) is 0. The second-order valence-electron chi connectivity index (χ2n) is 12.4. The number of hydrogen-bond acceptors (Lipinski definition) is 15. The van der Waals surface area contributed by atoms with Crippen LogP contribution in [0.25, 0.3) is 0 Å². The maximum atomic E-state index is 12.8. The molecule has 3 aromatic rings. The molecule has 0 aliphatic carbocycles. The first-order valence-electron chi connectivity index (χ1n) is 19.0. The summed E-state index contributed by atoms with van der Waals surface area (Å²) in [6.45, 7) is 8.71. The molecule has 1 saturated heterocycles. The van der Waals surface area contributed by atoms with E-state index >= 15 is 0 Å². The molecule has 1 fully saturated rings. The van der Waals surface area contributed by atoms with Gasteiger partial charge in [0.1, 0.15) is 24.2 Å². The zero-order valence-electron chi connectivity index (χ0n) is 32.2. The van der Waals surface area contributed by atoms with Crippen molar-refractivity contribution in [3.05, 3.63) is 96.6 Å². The van der Waals surface area contributed by atoms with E-state index < -0.39 is 24.0 Å². The molecule has 1 aliphatic heterocycles. The highest BCUT2D eigenvalue weighted by molar-refractivity contribution is 5.91. The molecule has 1 aliphatic rings. The third kappa shape index (κ3) is 19.1. The predicted octanol–water partition coefficient (Wildman–Crippen LogP) is 6.63. The van der Waals surface area contributed by atoms with Crippen LogP contribution in [0.2, 0.25) is 0 Å². The standard InChI is InChI=1S/C42H52N2O13/c1-2-40(45)55-20-6-4-3-5-19-53-37-15-9-34(10-16-37)42(47)57-38-17-13-36(14-18-38)44-43-35-11-7-33(8-12-35)41(46)56-32-39-31-52-28-27-50-24-23-48-21-22-49-25-26-51-29-30-54-39/h2,7-18,39H,1,3-6,19-32H2. The number of benzene rings is 3. The average molecular weight is 793 g/mol. The van der Waals surface area contributed by atoms with E-state index in [2.05, 4.69) is 16.8 Å². The summed E-state index contributed by atoms with van der Waals surface area (Å²) in [5.41, 5.74) is 1.79. The van der Waals surface area contributed by atoms with Gasteiger partial charge >= 0.3 is 17.9 Å².